The van der Waals surface area contributed by atoms with E-state index in [2.05, 4.69) is 14.9 Å². The van der Waals surface area contributed by atoms with Crippen molar-refractivity contribution >= 4 is 11.8 Å². The number of nitrogens with two attached hydrogens (primary N) is 1. The molecule has 0 spiro atoms. The third kappa shape index (κ3) is 3.80. The predicted octanol–water partition coefficient (Wildman–Crippen LogP) is 3.49. The van der Waals surface area contributed by atoms with Crippen LogP contribution < -0.4 is 10.6 Å². The molecule has 2 N–H and O–H groups in total. The first-order valence-corrected chi connectivity index (χ1v) is 8.32. The standard InChI is InChI=1S/C18H22F2N4/c1-12-10-17(23-18(21)22-12)24-9-3-4-13(11-24)7-8-14-15(19)5-2-6-16(14)20/h2,5-6,10,13H,3-4,7-9,11H2,1H3,(H2,21,22,23)/t13-/m1/s1. The van der Waals surface area contributed by atoms with Gasteiger partial charge < -0.3 is 10.6 Å². The molecule has 1 aromatic heterocycles. The Kier molecular flexibility index (Phi) is 4.92. The lowest BCUT2D eigenvalue weighted by Crippen LogP contribution is -2.36. The molecule has 0 radical (unpaired) electrons. The highest BCUT2D eigenvalue weighted by Gasteiger charge is 2.22. The summed E-state index contributed by atoms with van der Waals surface area (Å²) >= 11 is 0. The van der Waals surface area contributed by atoms with E-state index in [1.165, 1.54) is 18.2 Å². The summed E-state index contributed by atoms with van der Waals surface area (Å²) in [6, 6.07) is 5.96. The third-order valence-electron chi connectivity index (χ3n) is 4.57. The van der Waals surface area contributed by atoms with Gasteiger partial charge in [-0.1, -0.05) is 6.07 Å². The molecule has 1 fully saturated rings. The maximum absolute atomic E-state index is 13.8. The van der Waals surface area contributed by atoms with E-state index in [1.807, 2.05) is 13.0 Å². The minimum atomic E-state index is -0.457. The number of halogens is 2. The second-order valence-corrected chi connectivity index (χ2v) is 6.42. The van der Waals surface area contributed by atoms with E-state index >= 15 is 0 Å². The topological polar surface area (TPSA) is 55.0 Å². The van der Waals surface area contributed by atoms with Crippen molar-refractivity contribution in [1.82, 2.24) is 9.97 Å². The lowest BCUT2D eigenvalue weighted by atomic mass is 9.91. The molecule has 0 saturated carbocycles. The molecule has 1 atom stereocenters. The van der Waals surface area contributed by atoms with E-state index in [4.69, 9.17) is 5.73 Å². The molecular weight excluding hydrogens is 310 g/mol. The Hall–Kier alpha value is -2.24. The van der Waals surface area contributed by atoms with Gasteiger partial charge in [0.15, 0.2) is 0 Å². The van der Waals surface area contributed by atoms with Crippen LogP contribution >= 0.6 is 0 Å². The van der Waals surface area contributed by atoms with Crippen molar-refractivity contribution in [3.63, 3.8) is 0 Å². The number of hydrogen-bond donors (Lipinski definition) is 1. The summed E-state index contributed by atoms with van der Waals surface area (Å²) in [6.07, 6.45) is 3.27. The van der Waals surface area contributed by atoms with Crippen molar-refractivity contribution in [3.8, 4) is 0 Å². The van der Waals surface area contributed by atoms with Crippen LogP contribution in [0.2, 0.25) is 0 Å². The zero-order chi connectivity index (χ0) is 17.1. The second kappa shape index (κ2) is 7.11. The summed E-state index contributed by atoms with van der Waals surface area (Å²) in [6.45, 7) is 3.64. The molecule has 24 heavy (non-hydrogen) atoms. The van der Waals surface area contributed by atoms with Gasteiger partial charge in [0.2, 0.25) is 5.95 Å². The Morgan fingerprint density at radius 3 is 2.71 bits per heavy atom. The molecule has 4 nitrogen and oxygen atoms in total. The van der Waals surface area contributed by atoms with Crippen LogP contribution in [0.25, 0.3) is 0 Å². The molecule has 6 heteroatoms. The van der Waals surface area contributed by atoms with Crippen LogP contribution in [0.3, 0.4) is 0 Å². The summed E-state index contributed by atoms with van der Waals surface area (Å²) < 4.78 is 27.5. The van der Waals surface area contributed by atoms with Crippen molar-refractivity contribution in [2.24, 2.45) is 5.92 Å². The van der Waals surface area contributed by atoms with Crippen molar-refractivity contribution in [1.29, 1.82) is 0 Å². The Labute approximate surface area is 140 Å². The Morgan fingerprint density at radius 1 is 1.25 bits per heavy atom. The van der Waals surface area contributed by atoms with E-state index in [0.29, 0.717) is 12.3 Å². The summed E-state index contributed by atoms with van der Waals surface area (Å²) in [7, 11) is 0. The van der Waals surface area contributed by atoms with Crippen LogP contribution in [0, 0.1) is 24.5 Å². The maximum atomic E-state index is 13.8. The molecule has 0 unspecified atom stereocenters. The molecule has 128 valence electrons. The smallest absolute Gasteiger partial charge is 0.222 e. The number of aromatic nitrogens is 2. The number of piperidine rings is 1. The lowest BCUT2D eigenvalue weighted by Gasteiger charge is -2.33. The van der Waals surface area contributed by atoms with Gasteiger partial charge in [-0.2, -0.15) is 4.98 Å². The Bertz CT molecular complexity index is 680. The second-order valence-electron chi connectivity index (χ2n) is 6.42. The van der Waals surface area contributed by atoms with Gasteiger partial charge >= 0.3 is 0 Å². The first-order chi connectivity index (χ1) is 11.5. The number of nitrogen functional groups attached to an aromatic ring is 1. The van der Waals surface area contributed by atoms with E-state index in [1.54, 1.807) is 0 Å². The lowest BCUT2D eigenvalue weighted by molar-refractivity contribution is 0.385. The fraction of sp³-hybridized carbons (Fsp3) is 0.444. The van der Waals surface area contributed by atoms with Crippen molar-refractivity contribution in [2.75, 3.05) is 23.7 Å². The largest absolute Gasteiger partial charge is 0.368 e. The van der Waals surface area contributed by atoms with Gasteiger partial charge in [-0.25, -0.2) is 13.8 Å². The first-order valence-electron chi connectivity index (χ1n) is 8.32. The normalized spacial score (nSPS) is 18.0. The van der Waals surface area contributed by atoms with Gasteiger partial charge in [-0.05, 0) is 50.7 Å². The molecule has 1 aromatic carbocycles. The number of aryl methyl sites for hydroxylation is 1. The van der Waals surface area contributed by atoms with Crippen LogP contribution in [0.1, 0.15) is 30.5 Å². The Morgan fingerprint density at radius 2 is 2.00 bits per heavy atom. The average molecular weight is 332 g/mol. The average Bonchev–Trinajstić information content (AvgIpc) is 2.54. The number of benzene rings is 1. The summed E-state index contributed by atoms with van der Waals surface area (Å²) in [4.78, 5) is 10.6. The highest BCUT2D eigenvalue weighted by Crippen LogP contribution is 2.26. The summed E-state index contributed by atoms with van der Waals surface area (Å²) in [5.41, 5.74) is 6.77. The van der Waals surface area contributed by atoms with E-state index in [0.717, 1.165) is 43.9 Å². The van der Waals surface area contributed by atoms with Gasteiger partial charge in [0.05, 0.1) is 0 Å². The van der Waals surface area contributed by atoms with Crippen LogP contribution in [0.5, 0.6) is 0 Å². The van der Waals surface area contributed by atoms with Crippen LogP contribution in [-0.2, 0) is 6.42 Å². The molecule has 0 amide bonds. The van der Waals surface area contributed by atoms with Crippen molar-refractivity contribution < 1.29 is 8.78 Å². The van der Waals surface area contributed by atoms with Crippen molar-refractivity contribution in [2.45, 2.75) is 32.6 Å². The SMILES string of the molecule is Cc1cc(N2CCC[C@H](CCc3c(F)cccc3F)C2)nc(N)n1. The highest BCUT2D eigenvalue weighted by atomic mass is 19.1. The third-order valence-corrected chi connectivity index (χ3v) is 4.57. The van der Waals surface area contributed by atoms with Crippen LogP contribution in [-0.4, -0.2) is 23.1 Å². The predicted molar refractivity (Wildman–Crippen MR) is 90.8 cm³/mol. The monoisotopic (exact) mass is 332 g/mol. The van der Waals surface area contributed by atoms with E-state index in [-0.39, 0.29) is 11.5 Å². The van der Waals surface area contributed by atoms with Crippen molar-refractivity contribution in [3.05, 3.63) is 47.2 Å². The summed E-state index contributed by atoms with van der Waals surface area (Å²) in [5, 5.41) is 0. The first kappa shape index (κ1) is 16.6. The molecule has 2 heterocycles. The van der Waals surface area contributed by atoms with Crippen LogP contribution in [0.4, 0.5) is 20.5 Å². The van der Waals surface area contributed by atoms with Gasteiger partial charge in [0.25, 0.3) is 0 Å². The molecule has 3 rings (SSSR count). The quantitative estimate of drug-likeness (QED) is 0.931. The Balaban J connectivity index is 1.65. The molecule has 1 saturated heterocycles. The maximum Gasteiger partial charge on any atom is 0.222 e. The number of anilines is 2. The molecule has 2 aromatic rings. The molecule has 0 aliphatic carbocycles. The minimum absolute atomic E-state index is 0.191. The van der Waals surface area contributed by atoms with Gasteiger partial charge in [0, 0.05) is 30.4 Å². The molecular formula is C18H22F2N4. The molecule has 0 bridgehead atoms. The zero-order valence-corrected chi connectivity index (χ0v) is 13.8. The number of rotatable bonds is 4. The number of nitrogens with zero attached hydrogens (tertiary/aromatic N) is 3. The fourth-order valence-electron chi connectivity index (χ4n) is 3.36. The molecule has 1 aliphatic heterocycles. The highest BCUT2D eigenvalue weighted by molar-refractivity contribution is 5.43. The zero-order valence-electron chi connectivity index (χ0n) is 13.8. The summed E-state index contributed by atoms with van der Waals surface area (Å²) in [5.74, 6) is 0.584. The number of hydrogen-bond acceptors (Lipinski definition) is 4. The van der Waals surface area contributed by atoms with Gasteiger partial charge in [0.1, 0.15) is 17.5 Å². The van der Waals surface area contributed by atoms with Gasteiger partial charge in [-0.15, -0.1) is 0 Å². The van der Waals surface area contributed by atoms with E-state index in [9.17, 15) is 8.78 Å². The van der Waals surface area contributed by atoms with E-state index < -0.39 is 11.6 Å². The molecule has 1 aliphatic rings. The van der Waals surface area contributed by atoms with Gasteiger partial charge in [-0.3, -0.25) is 0 Å². The van der Waals surface area contributed by atoms with Crippen LogP contribution in [0.15, 0.2) is 24.3 Å². The minimum Gasteiger partial charge on any atom is -0.368 e. The fourth-order valence-corrected chi connectivity index (χ4v) is 3.36.